The fraction of sp³-hybridized carbons (Fsp3) is 0.250. The molecule has 2 aromatic rings. The van der Waals surface area contributed by atoms with Crippen LogP contribution in [0.2, 0.25) is 0 Å². The minimum atomic E-state index is -0.398. The van der Waals surface area contributed by atoms with Crippen LogP contribution in [0.5, 0.6) is 0 Å². The van der Waals surface area contributed by atoms with Crippen LogP contribution in [0.1, 0.15) is 27.6 Å². The van der Waals surface area contributed by atoms with Crippen molar-refractivity contribution in [3.05, 3.63) is 53.9 Å². The van der Waals surface area contributed by atoms with E-state index in [4.69, 9.17) is 0 Å². The number of nitrogens with zero attached hydrogens (tertiary/aromatic N) is 3. The van der Waals surface area contributed by atoms with Gasteiger partial charge in [0.1, 0.15) is 0 Å². The van der Waals surface area contributed by atoms with Gasteiger partial charge in [0, 0.05) is 56.9 Å². The lowest BCUT2D eigenvalue weighted by Crippen LogP contribution is -2.48. The molecule has 3 rings (SSSR count). The lowest BCUT2D eigenvalue weighted by molar-refractivity contribution is -0.119. The SMILES string of the molecule is CC(=O)Nc1ccc(NC(=O)c2cncc(C(=O)N3CCN(C=O)CC3)c2)cc1. The molecule has 0 bridgehead atoms. The third-order valence-electron chi connectivity index (χ3n) is 4.46. The van der Waals surface area contributed by atoms with Crippen molar-refractivity contribution < 1.29 is 19.2 Å². The molecule has 1 saturated heterocycles. The molecular weight excluding hydrogens is 374 g/mol. The van der Waals surface area contributed by atoms with Crippen molar-refractivity contribution in [1.82, 2.24) is 14.8 Å². The second-order valence-electron chi connectivity index (χ2n) is 6.61. The molecule has 9 nitrogen and oxygen atoms in total. The van der Waals surface area contributed by atoms with Crippen LogP contribution in [0.25, 0.3) is 0 Å². The Labute approximate surface area is 167 Å². The average molecular weight is 395 g/mol. The Bertz CT molecular complexity index is 921. The van der Waals surface area contributed by atoms with Crippen molar-refractivity contribution in [3.63, 3.8) is 0 Å². The van der Waals surface area contributed by atoms with E-state index in [1.165, 1.54) is 25.4 Å². The number of hydrogen-bond donors (Lipinski definition) is 2. The number of nitrogens with one attached hydrogen (secondary N) is 2. The monoisotopic (exact) mass is 395 g/mol. The second-order valence-corrected chi connectivity index (χ2v) is 6.61. The zero-order valence-corrected chi connectivity index (χ0v) is 15.9. The lowest BCUT2D eigenvalue weighted by Gasteiger charge is -2.32. The van der Waals surface area contributed by atoms with E-state index in [1.54, 1.807) is 34.1 Å². The Morgan fingerprint density at radius 2 is 1.52 bits per heavy atom. The molecular formula is C20H21N5O4. The van der Waals surface area contributed by atoms with Gasteiger partial charge in [-0.2, -0.15) is 0 Å². The third-order valence-corrected chi connectivity index (χ3v) is 4.46. The number of amides is 4. The minimum Gasteiger partial charge on any atom is -0.342 e. The summed E-state index contributed by atoms with van der Waals surface area (Å²) in [6, 6.07) is 8.18. The quantitative estimate of drug-likeness (QED) is 0.739. The molecule has 150 valence electrons. The average Bonchev–Trinajstić information content (AvgIpc) is 2.74. The number of carbonyl (C=O) groups is 4. The van der Waals surface area contributed by atoms with Gasteiger partial charge in [-0.1, -0.05) is 0 Å². The van der Waals surface area contributed by atoms with Gasteiger partial charge in [-0.25, -0.2) is 0 Å². The fourth-order valence-electron chi connectivity index (χ4n) is 2.94. The van der Waals surface area contributed by atoms with E-state index in [9.17, 15) is 19.2 Å². The first-order valence-electron chi connectivity index (χ1n) is 9.09. The third kappa shape index (κ3) is 5.16. The summed E-state index contributed by atoms with van der Waals surface area (Å²) >= 11 is 0. The minimum absolute atomic E-state index is 0.179. The summed E-state index contributed by atoms with van der Waals surface area (Å²) in [5.74, 6) is -0.801. The zero-order chi connectivity index (χ0) is 20.8. The molecule has 4 amide bonds. The number of carbonyl (C=O) groups excluding carboxylic acids is 4. The van der Waals surface area contributed by atoms with Crippen molar-refractivity contribution in [2.45, 2.75) is 6.92 Å². The standard InChI is InChI=1S/C20H21N5O4/c1-14(27)22-17-2-4-18(5-3-17)23-19(28)15-10-16(12-21-11-15)20(29)25-8-6-24(13-26)7-9-25/h2-5,10-13H,6-9H2,1H3,(H,22,27)(H,23,28). The Morgan fingerprint density at radius 1 is 0.931 bits per heavy atom. The van der Waals surface area contributed by atoms with Gasteiger partial charge in [-0.05, 0) is 30.3 Å². The summed E-state index contributed by atoms with van der Waals surface area (Å²) in [6.07, 6.45) is 3.59. The van der Waals surface area contributed by atoms with E-state index in [1.807, 2.05) is 0 Å². The molecule has 1 aromatic carbocycles. The fourth-order valence-corrected chi connectivity index (χ4v) is 2.94. The first kappa shape index (κ1) is 20.0. The first-order chi connectivity index (χ1) is 14.0. The highest BCUT2D eigenvalue weighted by molar-refractivity contribution is 6.06. The molecule has 1 aliphatic heterocycles. The highest BCUT2D eigenvalue weighted by Crippen LogP contribution is 2.15. The number of rotatable bonds is 5. The number of hydrogen-bond acceptors (Lipinski definition) is 5. The van der Waals surface area contributed by atoms with Gasteiger partial charge >= 0.3 is 0 Å². The van der Waals surface area contributed by atoms with E-state index in [2.05, 4.69) is 15.6 Å². The summed E-state index contributed by atoms with van der Waals surface area (Å²) < 4.78 is 0. The molecule has 0 saturated carbocycles. The smallest absolute Gasteiger partial charge is 0.257 e. The predicted octanol–water partition coefficient (Wildman–Crippen LogP) is 1.21. The Morgan fingerprint density at radius 3 is 2.10 bits per heavy atom. The van der Waals surface area contributed by atoms with Gasteiger partial charge in [0.25, 0.3) is 11.8 Å². The summed E-state index contributed by atoms with van der Waals surface area (Å²) in [4.78, 5) is 54.3. The van der Waals surface area contributed by atoms with E-state index in [0.29, 0.717) is 43.1 Å². The molecule has 2 heterocycles. The van der Waals surface area contributed by atoms with Crippen LogP contribution in [-0.2, 0) is 9.59 Å². The largest absolute Gasteiger partial charge is 0.342 e. The molecule has 1 aromatic heterocycles. The first-order valence-corrected chi connectivity index (χ1v) is 9.09. The van der Waals surface area contributed by atoms with Crippen LogP contribution in [0.15, 0.2) is 42.7 Å². The van der Waals surface area contributed by atoms with Gasteiger partial charge in [-0.3, -0.25) is 24.2 Å². The zero-order valence-electron chi connectivity index (χ0n) is 15.9. The van der Waals surface area contributed by atoms with Crippen molar-refractivity contribution in [1.29, 1.82) is 0 Å². The maximum absolute atomic E-state index is 12.7. The van der Waals surface area contributed by atoms with Crippen molar-refractivity contribution in [3.8, 4) is 0 Å². The van der Waals surface area contributed by atoms with Crippen LogP contribution in [0, 0.1) is 0 Å². The number of anilines is 2. The molecule has 0 radical (unpaired) electrons. The van der Waals surface area contributed by atoms with Crippen molar-refractivity contribution in [2.75, 3.05) is 36.8 Å². The number of pyridine rings is 1. The lowest BCUT2D eigenvalue weighted by atomic mass is 10.1. The molecule has 1 fully saturated rings. The Kier molecular flexibility index (Phi) is 6.18. The van der Waals surface area contributed by atoms with Gasteiger partial charge in [-0.15, -0.1) is 0 Å². The predicted molar refractivity (Wildman–Crippen MR) is 106 cm³/mol. The van der Waals surface area contributed by atoms with E-state index in [-0.39, 0.29) is 17.4 Å². The number of aromatic nitrogens is 1. The molecule has 9 heteroatoms. The maximum atomic E-state index is 12.7. The topological polar surface area (TPSA) is 112 Å². The van der Waals surface area contributed by atoms with Crippen LogP contribution in [-0.4, -0.2) is 65.1 Å². The van der Waals surface area contributed by atoms with E-state index >= 15 is 0 Å². The van der Waals surface area contributed by atoms with Gasteiger partial charge in [0.15, 0.2) is 0 Å². The van der Waals surface area contributed by atoms with Gasteiger partial charge in [0.2, 0.25) is 12.3 Å². The summed E-state index contributed by atoms with van der Waals surface area (Å²) in [5.41, 5.74) is 1.75. The Hall–Kier alpha value is -3.75. The van der Waals surface area contributed by atoms with Gasteiger partial charge < -0.3 is 20.4 Å². The highest BCUT2D eigenvalue weighted by atomic mass is 16.2. The molecule has 1 aliphatic rings. The second kappa shape index (κ2) is 8.96. The van der Waals surface area contributed by atoms with Crippen LogP contribution >= 0.6 is 0 Å². The molecule has 0 spiro atoms. The van der Waals surface area contributed by atoms with Crippen molar-refractivity contribution in [2.24, 2.45) is 0 Å². The Balaban J connectivity index is 1.65. The molecule has 2 N–H and O–H groups in total. The maximum Gasteiger partial charge on any atom is 0.257 e. The molecule has 0 atom stereocenters. The number of piperazine rings is 1. The van der Waals surface area contributed by atoms with Crippen LogP contribution in [0.4, 0.5) is 11.4 Å². The summed E-state index contributed by atoms with van der Waals surface area (Å²) in [6.45, 7) is 3.26. The van der Waals surface area contributed by atoms with E-state index < -0.39 is 5.91 Å². The van der Waals surface area contributed by atoms with E-state index in [0.717, 1.165) is 6.41 Å². The highest BCUT2D eigenvalue weighted by Gasteiger charge is 2.22. The van der Waals surface area contributed by atoms with Crippen molar-refractivity contribution >= 4 is 35.5 Å². The molecule has 0 aliphatic carbocycles. The molecule has 29 heavy (non-hydrogen) atoms. The number of benzene rings is 1. The molecule has 0 unspecified atom stereocenters. The van der Waals surface area contributed by atoms with Crippen LogP contribution < -0.4 is 10.6 Å². The van der Waals surface area contributed by atoms with Crippen LogP contribution in [0.3, 0.4) is 0 Å². The van der Waals surface area contributed by atoms with Gasteiger partial charge in [0.05, 0.1) is 11.1 Å². The summed E-state index contributed by atoms with van der Waals surface area (Å²) in [7, 11) is 0. The summed E-state index contributed by atoms with van der Waals surface area (Å²) in [5, 5.41) is 5.38. The normalized spacial score (nSPS) is 13.6.